The Morgan fingerprint density at radius 2 is 1.65 bits per heavy atom. The van der Waals surface area contributed by atoms with Gasteiger partial charge in [-0.25, -0.2) is 4.79 Å². The van der Waals surface area contributed by atoms with E-state index in [-0.39, 0.29) is 35.0 Å². The second-order valence-corrected chi connectivity index (χ2v) is 6.68. The standard InChI is InChI=1S/C22H20O4/c1-13(2)16-9-10-17-18(11-16)20(23)14(3)19(21(17)24)22(25)26-12-15-7-5-4-6-8-15/h4-11,13H,12H2,1-3H3. The lowest BCUT2D eigenvalue weighted by molar-refractivity contribution is -0.139. The molecule has 0 N–H and O–H groups in total. The summed E-state index contributed by atoms with van der Waals surface area (Å²) >= 11 is 0. The van der Waals surface area contributed by atoms with Crippen molar-refractivity contribution in [3.8, 4) is 0 Å². The molecule has 26 heavy (non-hydrogen) atoms. The number of carbonyl (C=O) groups excluding carboxylic acids is 3. The molecule has 132 valence electrons. The predicted molar refractivity (Wildman–Crippen MR) is 98.1 cm³/mol. The van der Waals surface area contributed by atoms with Crippen molar-refractivity contribution in [3.63, 3.8) is 0 Å². The molecule has 0 aliphatic heterocycles. The van der Waals surface area contributed by atoms with Gasteiger partial charge in [0, 0.05) is 16.7 Å². The molecule has 0 atom stereocenters. The van der Waals surface area contributed by atoms with Gasteiger partial charge in [-0.15, -0.1) is 0 Å². The minimum Gasteiger partial charge on any atom is -0.457 e. The minimum atomic E-state index is -0.761. The first-order valence-electron chi connectivity index (χ1n) is 8.55. The number of benzene rings is 2. The van der Waals surface area contributed by atoms with Gasteiger partial charge in [-0.3, -0.25) is 9.59 Å². The van der Waals surface area contributed by atoms with Gasteiger partial charge in [0.2, 0.25) is 5.78 Å². The molecule has 0 unspecified atom stereocenters. The van der Waals surface area contributed by atoms with E-state index in [0.717, 1.165) is 11.1 Å². The third-order valence-corrected chi connectivity index (χ3v) is 4.56. The largest absolute Gasteiger partial charge is 0.457 e. The first kappa shape index (κ1) is 17.8. The second kappa shape index (κ2) is 7.08. The SMILES string of the molecule is CC1=C(C(=O)OCc2ccccc2)C(=O)c2ccc(C(C)C)cc2C1=O. The molecule has 0 fully saturated rings. The number of carbonyl (C=O) groups is 3. The van der Waals surface area contributed by atoms with Crippen molar-refractivity contribution in [2.24, 2.45) is 0 Å². The van der Waals surface area contributed by atoms with Crippen molar-refractivity contribution in [2.45, 2.75) is 33.3 Å². The molecule has 1 aliphatic carbocycles. The lowest BCUT2D eigenvalue weighted by Crippen LogP contribution is -2.27. The molecular weight excluding hydrogens is 328 g/mol. The molecule has 0 bridgehead atoms. The van der Waals surface area contributed by atoms with E-state index < -0.39 is 11.8 Å². The Bertz CT molecular complexity index is 920. The first-order valence-corrected chi connectivity index (χ1v) is 8.55. The van der Waals surface area contributed by atoms with Gasteiger partial charge in [0.05, 0.1) is 0 Å². The average molecular weight is 348 g/mol. The van der Waals surface area contributed by atoms with Crippen LogP contribution in [0.1, 0.15) is 58.5 Å². The number of hydrogen-bond donors (Lipinski definition) is 0. The number of allylic oxidation sites excluding steroid dienone is 1. The molecular formula is C22H20O4. The van der Waals surface area contributed by atoms with E-state index in [9.17, 15) is 14.4 Å². The van der Waals surface area contributed by atoms with E-state index in [0.29, 0.717) is 5.56 Å². The minimum absolute atomic E-state index is 0.0526. The van der Waals surface area contributed by atoms with Crippen LogP contribution < -0.4 is 0 Å². The van der Waals surface area contributed by atoms with Crippen molar-refractivity contribution in [1.82, 2.24) is 0 Å². The van der Waals surface area contributed by atoms with Crippen LogP contribution in [0, 0.1) is 0 Å². The zero-order chi connectivity index (χ0) is 18.8. The highest BCUT2D eigenvalue weighted by Crippen LogP contribution is 2.29. The van der Waals surface area contributed by atoms with E-state index in [1.165, 1.54) is 6.92 Å². The molecule has 0 amide bonds. The highest BCUT2D eigenvalue weighted by molar-refractivity contribution is 6.35. The van der Waals surface area contributed by atoms with Crippen LogP contribution in [0.4, 0.5) is 0 Å². The highest BCUT2D eigenvalue weighted by Gasteiger charge is 2.34. The fourth-order valence-corrected chi connectivity index (χ4v) is 2.97. The summed E-state index contributed by atoms with van der Waals surface area (Å²) in [7, 11) is 0. The van der Waals surface area contributed by atoms with Crippen molar-refractivity contribution >= 4 is 17.5 Å². The van der Waals surface area contributed by atoms with Gasteiger partial charge < -0.3 is 4.74 Å². The lowest BCUT2D eigenvalue weighted by atomic mass is 9.83. The quantitative estimate of drug-likeness (QED) is 0.612. The maximum Gasteiger partial charge on any atom is 0.342 e. The molecule has 0 saturated heterocycles. The van der Waals surface area contributed by atoms with Crippen LogP contribution in [-0.2, 0) is 16.1 Å². The molecule has 4 heteroatoms. The van der Waals surface area contributed by atoms with Crippen LogP contribution in [-0.4, -0.2) is 17.5 Å². The van der Waals surface area contributed by atoms with E-state index >= 15 is 0 Å². The average Bonchev–Trinajstić information content (AvgIpc) is 2.65. The van der Waals surface area contributed by atoms with Gasteiger partial charge in [0.15, 0.2) is 5.78 Å². The van der Waals surface area contributed by atoms with Gasteiger partial charge in [-0.05, 0) is 30.0 Å². The number of ketones is 2. The summed E-state index contributed by atoms with van der Waals surface area (Å²) in [6.07, 6.45) is 0. The molecule has 2 aromatic rings. The third kappa shape index (κ3) is 3.23. The molecule has 3 rings (SSSR count). The monoisotopic (exact) mass is 348 g/mol. The number of Topliss-reactive ketones (excluding diaryl/α,β-unsaturated/α-hetero) is 2. The van der Waals surface area contributed by atoms with Crippen LogP contribution in [0.15, 0.2) is 59.7 Å². The van der Waals surface area contributed by atoms with Gasteiger partial charge in [-0.1, -0.05) is 56.3 Å². The Morgan fingerprint density at radius 1 is 0.962 bits per heavy atom. The maximum absolute atomic E-state index is 12.8. The summed E-state index contributed by atoms with van der Waals surface area (Å²) in [5.41, 5.74) is 2.38. The normalized spacial score (nSPS) is 13.8. The number of hydrogen-bond acceptors (Lipinski definition) is 4. The Labute approximate surface area is 152 Å². The van der Waals surface area contributed by atoms with Gasteiger partial charge in [0.25, 0.3) is 0 Å². The Morgan fingerprint density at radius 3 is 2.31 bits per heavy atom. The number of fused-ring (bicyclic) bond motifs is 1. The number of ether oxygens (including phenoxy) is 1. The van der Waals surface area contributed by atoms with Gasteiger partial charge in [-0.2, -0.15) is 0 Å². The summed E-state index contributed by atoms with van der Waals surface area (Å²) in [5.74, 6) is -1.27. The zero-order valence-electron chi connectivity index (χ0n) is 15.0. The first-order chi connectivity index (χ1) is 12.4. The van der Waals surface area contributed by atoms with E-state index in [4.69, 9.17) is 4.74 Å². The van der Waals surface area contributed by atoms with Crippen LogP contribution in [0.2, 0.25) is 0 Å². The molecule has 0 aromatic heterocycles. The van der Waals surface area contributed by atoms with E-state index in [1.54, 1.807) is 12.1 Å². The summed E-state index contributed by atoms with van der Waals surface area (Å²) < 4.78 is 5.26. The van der Waals surface area contributed by atoms with Crippen LogP contribution in [0.5, 0.6) is 0 Å². The van der Waals surface area contributed by atoms with Crippen LogP contribution in [0.3, 0.4) is 0 Å². The summed E-state index contributed by atoms with van der Waals surface area (Å²) in [6.45, 7) is 5.60. The van der Waals surface area contributed by atoms with Crippen molar-refractivity contribution < 1.29 is 19.1 Å². The topological polar surface area (TPSA) is 60.4 Å². The summed E-state index contributed by atoms with van der Waals surface area (Å²) in [6, 6.07) is 14.4. The molecule has 0 radical (unpaired) electrons. The van der Waals surface area contributed by atoms with E-state index in [1.807, 2.05) is 50.2 Å². The Balaban J connectivity index is 1.89. The lowest BCUT2D eigenvalue weighted by Gasteiger charge is -2.19. The van der Waals surface area contributed by atoms with Crippen LogP contribution >= 0.6 is 0 Å². The number of rotatable bonds is 4. The Kier molecular flexibility index (Phi) is 4.85. The highest BCUT2D eigenvalue weighted by atomic mass is 16.5. The molecule has 0 heterocycles. The van der Waals surface area contributed by atoms with Crippen molar-refractivity contribution in [2.75, 3.05) is 0 Å². The summed E-state index contributed by atoms with van der Waals surface area (Å²) in [4.78, 5) is 38.0. The van der Waals surface area contributed by atoms with Crippen molar-refractivity contribution in [1.29, 1.82) is 0 Å². The molecule has 0 saturated carbocycles. The molecule has 0 spiro atoms. The molecule has 4 nitrogen and oxygen atoms in total. The zero-order valence-corrected chi connectivity index (χ0v) is 15.0. The smallest absolute Gasteiger partial charge is 0.342 e. The fourth-order valence-electron chi connectivity index (χ4n) is 2.97. The van der Waals surface area contributed by atoms with Gasteiger partial charge in [0.1, 0.15) is 12.2 Å². The predicted octanol–water partition coefficient (Wildman–Crippen LogP) is 4.25. The number of esters is 1. The van der Waals surface area contributed by atoms with Crippen molar-refractivity contribution in [3.05, 3.63) is 81.9 Å². The van der Waals surface area contributed by atoms with Gasteiger partial charge >= 0.3 is 5.97 Å². The maximum atomic E-state index is 12.8. The summed E-state index contributed by atoms with van der Waals surface area (Å²) in [5, 5.41) is 0. The molecule has 1 aliphatic rings. The van der Waals surface area contributed by atoms with Crippen LogP contribution in [0.25, 0.3) is 0 Å². The van der Waals surface area contributed by atoms with E-state index in [2.05, 4.69) is 0 Å². The second-order valence-electron chi connectivity index (χ2n) is 6.68. The molecule has 2 aromatic carbocycles. The third-order valence-electron chi connectivity index (χ3n) is 4.56. The Hall–Kier alpha value is -3.01. The fraction of sp³-hybridized carbons (Fsp3) is 0.227.